The summed E-state index contributed by atoms with van der Waals surface area (Å²) in [6.45, 7) is 2.92. The summed E-state index contributed by atoms with van der Waals surface area (Å²) in [5, 5.41) is 2.84. The molecule has 7 nitrogen and oxygen atoms in total. The molecule has 1 aliphatic heterocycles. The summed E-state index contributed by atoms with van der Waals surface area (Å²) < 4.78 is 39.2. The van der Waals surface area contributed by atoms with Crippen molar-refractivity contribution in [2.24, 2.45) is 0 Å². The van der Waals surface area contributed by atoms with Crippen molar-refractivity contribution in [2.75, 3.05) is 25.5 Å². The molecule has 2 aromatic carbocycles. The monoisotopic (exact) mass is 486 g/mol. The highest BCUT2D eigenvalue weighted by molar-refractivity contribution is 7.89. The molecule has 1 saturated heterocycles. The molecule has 0 radical (unpaired) electrons. The number of anilines is 1. The molecule has 1 atom stereocenters. The van der Waals surface area contributed by atoms with Crippen molar-refractivity contribution in [3.05, 3.63) is 47.5 Å². The van der Waals surface area contributed by atoms with Crippen LogP contribution in [0.1, 0.15) is 56.6 Å². The Balaban J connectivity index is 1.52. The van der Waals surface area contributed by atoms with E-state index < -0.39 is 16.1 Å². The number of amides is 1. The number of ether oxygens (including phenoxy) is 2. The zero-order chi connectivity index (χ0) is 24.1. The van der Waals surface area contributed by atoms with Gasteiger partial charge in [-0.3, -0.25) is 4.79 Å². The van der Waals surface area contributed by atoms with Gasteiger partial charge < -0.3 is 14.8 Å². The highest BCUT2D eigenvalue weighted by atomic mass is 32.2. The summed E-state index contributed by atoms with van der Waals surface area (Å²) in [6.07, 6.45) is 7.01. The van der Waals surface area contributed by atoms with Crippen LogP contribution < -0.4 is 14.8 Å². The van der Waals surface area contributed by atoms with Crippen LogP contribution in [0.2, 0.25) is 0 Å². The van der Waals surface area contributed by atoms with Gasteiger partial charge in [0.05, 0.1) is 17.7 Å². The summed E-state index contributed by atoms with van der Waals surface area (Å²) in [5.41, 5.74) is 2.96. The summed E-state index contributed by atoms with van der Waals surface area (Å²) in [6, 6.07) is 10.6. The second-order valence-electron chi connectivity index (χ2n) is 8.97. The number of fused-ring (bicyclic) bond motifs is 1. The standard InChI is InChI=1S/C26H34N2O5S/c1-3-24(33-21-12-11-19-9-5-6-10-20(19)17-21)26(29)27-23-18-22(13-14-25(23)32-2)34(30,31)28-15-7-4-8-16-28/h11-14,17-18,24H,3-10,15-16H2,1-2H3,(H,27,29)/t24-/m1/s1. The Morgan fingerprint density at radius 1 is 1.00 bits per heavy atom. The van der Waals surface area contributed by atoms with E-state index in [9.17, 15) is 13.2 Å². The summed E-state index contributed by atoms with van der Waals surface area (Å²) in [7, 11) is -2.14. The van der Waals surface area contributed by atoms with Gasteiger partial charge in [0, 0.05) is 13.1 Å². The Morgan fingerprint density at radius 2 is 1.74 bits per heavy atom. The van der Waals surface area contributed by atoms with Crippen LogP contribution in [0.4, 0.5) is 5.69 Å². The zero-order valence-corrected chi connectivity index (χ0v) is 20.8. The average Bonchev–Trinajstić information content (AvgIpc) is 2.87. The molecule has 0 bridgehead atoms. The van der Waals surface area contributed by atoms with Crippen LogP contribution >= 0.6 is 0 Å². The van der Waals surface area contributed by atoms with E-state index in [0.717, 1.165) is 32.1 Å². The number of hydrogen-bond donors (Lipinski definition) is 1. The lowest BCUT2D eigenvalue weighted by Crippen LogP contribution is -2.35. The second kappa shape index (κ2) is 10.8. The van der Waals surface area contributed by atoms with Gasteiger partial charge in [0.1, 0.15) is 11.5 Å². The molecule has 8 heteroatoms. The molecule has 1 aliphatic carbocycles. The predicted molar refractivity (Wildman–Crippen MR) is 132 cm³/mol. The minimum Gasteiger partial charge on any atom is -0.495 e. The number of hydrogen-bond acceptors (Lipinski definition) is 5. The maximum Gasteiger partial charge on any atom is 0.265 e. The molecular formula is C26H34N2O5S. The van der Waals surface area contributed by atoms with Crippen molar-refractivity contribution in [1.82, 2.24) is 4.31 Å². The third-order valence-corrected chi connectivity index (χ3v) is 8.54. The van der Waals surface area contributed by atoms with Crippen molar-refractivity contribution >= 4 is 21.6 Å². The Kier molecular flexibility index (Phi) is 7.78. The van der Waals surface area contributed by atoms with Crippen LogP contribution in [0.3, 0.4) is 0 Å². The van der Waals surface area contributed by atoms with E-state index in [1.807, 2.05) is 19.1 Å². The number of benzene rings is 2. The fourth-order valence-electron chi connectivity index (χ4n) is 4.68. The molecule has 34 heavy (non-hydrogen) atoms. The lowest BCUT2D eigenvalue weighted by molar-refractivity contribution is -0.122. The highest BCUT2D eigenvalue weighted by Gasteiger charge is 2.28. The second-order valence-corrected chi connectivity index (χ2v) is 10.9. The quantitative estimate of drug-likeness (QED) is 0.592. The molecule has 1 fully saturated rings. The average molecular weight is 487 g/mol. The van der Waals surface area contributed by atoms with Gasteiger partial charge in [-0.2, -0.15) is 4.31 Å². The van der Waals surface area contributed by atoms with Crippen LogP contribution in [0.25, 0.3) is 0 Å². The Labute approximate surface area is 202 Å². The van der Waals surface area contributed by atoms with E-state index in [0.29, 0.717) is 36.7 Å². The van der Waals surface area contributed by atoms with Gasteiger partial charge in [0.15, 0.2) is 6.10 Å². The van der Waals surface area contributed by atoms with Crippen molar-refractivity contribution < 1.29 is 22.7 Å². The topological polar surface area (TPSA) is 84.9 Å². The van der Waals surface area contributed by atoms with Gasteiger partial charge in [0.2, 0.25) is 10.0 Å². The zero-order valence-electron chi connectivity index (χ0n) is 20.0. The lowest BCUT2D eigenvalue weighted by Gasteiger charge is -2.26. The number of sulfonamides is 1. The van der Waals surface area contributed by atoms with Gasteiger partial charge in [-0.1, -0.05) is 19.4 Å². The van der Waals surface area contributed by atoms with Gasteiger partial charge in [-0.15, -0.1) is 0 Å². The normalized spacial score (nSPS) is 17.5. The minimum absolute atomic E-state index is 0.147. The lowest BCUT2D eigenvalue weighted by atomic mass is 9.92. The number of nitrogens with zero attached hydrogens (tertiary/aromatic N) is 1. The maximum absolute atomic E-state index is 13.1. The van der Waals surface area contributed by atoms with Crippen LogP contribution in [0, 0.1) is 0 Å². The van der Waals surface area contributed by atoms with E-state index in [1.54, 1.807) is 6.07 Å². The SMILES string of the molecule is CC[C@@H](Oc1ccc2c(c1)CCCC2)C(=O)Nc1cc(S(=O)(=O)N2CCCCC2)ccc1OC. The van der Waals surface area contributed by atoms with Crippen LogP contribution in [-0.4, -0.2) is 44.9 Å². The number of rotatable bonds is 8. The van der Waals surface area contributed by atoms with E-state index in [4.69, 9.17) is 9.47 Å². The molecular weight excluding hydrogens is 452 g/mol. The van der Waals surface area contributed by atoms with Crippen molar-refractivity contribution in [3.63, 3.8) is 0 Å². The van der Waals surface area contributed by atoms with E-state index in [1.165, 1.54) is 47.5 Å². The molecule has 1 amide bonds. The van der Waals surface area contributed by atoms with Crippen molar-refractivity contribution in [2.45, 2.75) is 69.3 Å². The number of nitrogens with one attached hydrogen (secondary N) is 1. The molecule has 4 rings (SSSR count). The van der Waals surface area contributed by atoms with Crippen molar-refractivity contribution in [3.8, 4) is 11.5 Å². The van der Waals surface area contributed by atoms with E-state index >= 15 is 0 Å². The molecule has 0 saturated carbocycles. The number of carbonyl (C=O) groups excluding carboxylic acids is 1. The molecule has 184 valence electrons. The molecule has 1 heterocycles. The molecule has 2 aliphatic rings. The molecule has 0 aromatic heterocycles. The highest BCUT2D eigenvalue weighted by Crippen LogP contribution is 2.31. The molecule has 0 unspecified atom stereocenters. The molecule has 0 spiro atoms. The third kappa shape index (κ3) is 5.39. The minimum atomic E-state index is -3.63. The van der Waals surface area contributed by atoms with Gasteiger partial charge in [-0.25, -0.2) is 8.42 Å². The Bertz CT molecular complexity index is 1130. The van der Waals surface area contributed by atoms with Crippen LogP contribution in [-0.2, 0) is 27.7 Å². The summed E-state index contributed by atoms with van der Waals surface area (Å²) in [4.78, 5) is 13.3. The number of methoxy groups -OCH3 is 1. The molecule has 2 aromatic rings. The largest absolute Gasteiger partial charge is 0.495 e. The molecule has 1 N–H and O–H groups in total. The van der Waals surface area contributed by atoms with Crippen LogP contribution in [0.5, 0.6) is 11.5 Å². The first-order valence-corrected chi connectivity index (χ1v) is 13.6. The summed E-state index contributed by atoms with van der Waals surface area (Å²) >= 11 is 0. The van der Waals surface area contributed by atoms with Gasteiger partial charge in [0.25, 0.3) is 5.91 Å². The number of aryl methyl sites for hydroxylation is 2. The van der Waals surface area contributed by atoms with Gasteiger partial charge in [-0.05, 0) is 86.4 Å². The first-order valence-electron chi connectivity index (χ1n) is 12.2. The number of carbonyl (C=O) groups is 1. The maximum atomic E-state index is 13.1. The summed E-state index contributed by atoms with van der Waals surface area (Å²) in [5.74, 6) is 0.733. The predicted octanol–water partition coefficient (Wildman–Crippen LogP) is 4.54. The van der Waals surface area contributed by atoms with E-state index in [2.05, 4.69) is 11.4 Å². The first kappa shape index (κ1) is 24.5. The van der Waals surface area contributed by atoms with Crippen LogP contribution in [0.15, 0.2) is 41.3 Å². The fraction of sp³-hybridized carbons (Fsp3) is 0.500. The Hall–Kier alpha value is -2.58. The first-order chi connectivity index (χ1) is 16.4. The van der Waals surface area contributed by atoms with Crippen molar-refractivity contribution in [1.29, 1.82) is 0 Å². The number of piperidine rings is 1. The smallest absolute Gasteiger partial charge is 0.265 e. The Morgan fingerprint density at radius 3 is 2.44 bits per heavy atom. The fourth-order valence-corrected chi connectivity index (χ4v) is 6.23. The van der Waals surface area contributed by atoms with Gasteiger partial charge >= 0.3 is 0 Å². The third-order valence-electron chi connectivity index (χ3n) is 6.64. The van der Waals surface area contributed by atoms with E-state index in [-0.39, 0.29) is 10.8 Å².